The highest BCUT2D eigenvalue weighted by molar-refractivity contribution is 7.93. The predicted octanol–water partition coefficient (Wildman–Crippen LogP) is 3.14. The third-order valence-corrected chi connectivity index (χ3v) is 7.78. The Hall–Kier alpha value is -2.68. The second kappa shape index (κ2) is 7.29. The largest absolute Gasteiger partial charge is 0.266 e. The van der Waals surface area contributed by atoms with Crippen molar-refractivity contribution in [1.82, 2.24) is 0 Å². The van der Waals surface area contributed by atoms with Gasteiger partial charge in [0.1, 0.15) is 0 Å². The Balaban J connectivity index is 1.88. The Kier molecular flexibility index (Phi) is 4.94. The zero-order valence-corrected chi connectivity index (χ0v) is 17.2. The maximum absolute atomic E-state index is 13.7. The normalized spacial score (nSPS) is 14.4. The number of rotatable bonds is 4. The number of primary sulfonamides is 1. The Morgan fingerprint density at radius 1 is 0.828 bits per heavy atom. The number of sulfonamides is 2. The van der Waals surface area contributed by atoms with Crippen LogP contribution in [0.15, 0.2) is 82.6 Å². The molecule has 3 aromatic carbocycles. The summed E-state index contributed by atoms with van der Waals surface area (Å²) in [6.45, 7) is 0.270. The molecule has 0 fully saturated rings. The molecule has 0 saturated carbocycles. The van der Waals surface area contributed by atoms with Crippen molar-refractivity contribution >= 4 is 25.7 Å². The summed E-state index contributed by atoms with van der Waals surface area (Å²) >= 11 is 0. The topological polar surface area (TPSA) is 97.5 Å². The summed E-state index contributed by atoms with van der Waals surface area (Å²) < 4.78 is 52.2. The Morgan fingerprint density at radius 3 is 2.24 bits per heavy atom. The van der Waals surface area contributed by atoms with Crippen LogP contribution in [0.5, 0.6) is 0 Å². The van der Waals surface area contributed by atoms with E-state index in [-0.39, 0.29) is 16.3 Å². The first-order chi connectivity index (χ1) is 13.8. The second-order valence-corrected chi connectivity index (χ2v) is 10.3. The predicted molar refractivity (Wildman–Crippen MR) is 113 cm³/mol. The van der Waals surface area contributed by atoms with Crippen LogP contribution < -0.4 is 9.44 Å². The van der Waals surface area contributed by atoms with Gasteiger partial charge in [0.05, 0.1) is 15.5 Å². The molecule has 6 nitrogen and oxygen atoms in total. The van der Waals surface area contributed by atoms with Crippen LogP contribution in [0.2, 0.25) is 0 Å². The summed E-state index contributed by atoms with van der Waals surface area (Å²) in [5.41, 5.74) is 2.54. The number of benzene rings is 3. The molecule has 2 N–H and O–H groups in total. The molecule has 0 saturated heterocycles. The molecule has 0 aliphatic carbocycles. The van der Waals surface area contributed by atoms with Gasteiger partial charge in [-0.3, -0.25) is 4.31 Å². The summed E-state index contributed by atoms with van der Waals surface area (Å²) in [5, 5.41) is 5.26. The Labute approximate surface area is 170 Å². The minimum absolute atomic E-state index is 0.102. The van der Waals surface area contributed by atoms with Gasteiger partial charge in [0.15, 0.2) is 0 Å². The van der Waals surface area contributed by atoms with E-state index >= 15 is 0 Å². The lowest BCUT2D eigenvalue weighted by Gasteiger charge is -2.31. The fourth-order valence-electron chi connectivity index (χ4n) is 3.61. The van der Waals surface area contributed by atoms with E-state index in [0.717, 1.165) is 11.1 Å². The first-order valence-corrected chi connectivity index (χ1v) is 12.1. The average molecular weight is 429 g/mol. The number of hydrogen-bond donors (Lipinski definition) is 1. The minimum atomic E-state index is -3.94. The molecule has 0 unspecified atom stereocenters. The molecular formula is C21H20N2O4S2. The monoisotopic (exact) mass is 428 g/mol. The third-order valence-electron chi connectivity index (χ3n) is 5.00. The first-order valence-electron chi connectivity index (χ1n) is 9.11. The lowest BCUT2D eigenvalue weighted by Crippen LogP contribution is -2.36. The summed E-state index contributed by atoms with van der Waals surface area (Å²) in [6, 6.07) is 20.5. The highest BCUT2D eigenvalue weighted by atomic mass is 32.2. The molecular weight excluding hydrogens is 408 g/mol. The van der Waals surface area contributed by atoms with Gasteiger partial charge in [-0.05, 0) is 42.2 Å². The van der Waals surface area contributed by atoms with Crippen molar-refractivity contribution < 1.29 is 16.8 Å². The van der Waals surface area contributed by atoms with E-state index in [1.807, 2.05) is 30.3 Å². The van der Waals surface area contributed by atoms with Crippen LogP contribution >= 0.6 is 0 Å². The van der Waals surface area contributed by atoms with E-state index in [4.69, 9.17) is 5.14 Å². The van der Waals surface area contributed by atoms with Crippen LogP contribution in [0.25, 0.3) is 11.1 Å². The molecule has 0 spiro atoms. The maximum Gasteiger partial charge on any atom is 0.264 e. The zero-order valence-electron chi connectivity index (χ0n) is 15.5. The summed E-state index contributed by atoms with van der Waals surface area (Å²) in [4.78, 5) is 0.0785. The summed E-state index contributed by atoms with van der Waals surface area (Å²) in [7, 11) is -7.86. The van der Waals surface area contributed by atoms with E-state index in [1.54, 1.807) is 30.3 Å². The molecule has 8 heteroatoms. The van der Waals surface area contributed by atoms with Crippen molar-refractivity contribution in [3.05, 3.63) is 78.4 Å². The van der Waals surface area contributed by atoms with Gasteiger partial charge in [0.2, 0.25) is 10.0 Å². The van der Waals surface area contributed by atoms with Crippen LogP contribution in [0, 0.1) is 0 Å². The zero-order chi connectivity index (χ0) is 20.6. The fourth-order valence-corrected chi connectivity index (χ4v) is 5.90. The van der Waals surface area contributed by atoms with Crippen molar-refractivity contribution in [2.24, 2.45) is 5.14 Å². The third kappa shape index (κ3) is 3.66. The van der Waals surface area contributed by atoms with Gasteiger partial charge < -0.3 is 0 Å². The van der Waals surface area contributed by atoms with E-state index < -0.39 is 20.0 Å². The molecule has 0 amide bonds. The molecule has 0 bridgehead atoms. The van der Waals surface area contributed by atoms with Crippen LogP contribution in [0.3, 0.4) is 0 Å². The van der Waals surface area contributed by atoms with Crippen molar-refractivity contribution in [3.63, 3.8) is 0 Å². The first kappa shape index (κ1) is 19.6. The molecule has 0 aromatic heterocycles. The molecule has 1 aliphatic rings. The minimum Gasteiger partial charge on any atom is -0.266 e. The molecule has 3 aromatic rings. The summed E-state index contributed by atoms with van der Waals surface area (Å²) in [5.74, 6) is 0. The van der Waals surface area contributed by atoms with E-state index in [9.17, 15) is 16.8 Å². The smallest absolute Gasteiger partial charge is 0.264 e. The quantitative estimate of drug-likeness (QED) is 0.690. The molecule has 0 radical (unpaired) electrons. The van der Waals surface area contributed by atoms with Gasteiger partial charge >= 0.3 is 0 Å². The Bertz CT molecular complexity index is 1270. The second-order valence-electron chi connectivity index (χ2n) is 6.88. The number of anilines is 1. The maximum atomic E-state index is 13.7. The van der Waals surface area contributed by atoms with Gasteiger partial charge in [-0.2, -0.15) is 0 Å². The van der Waals surface area contributed by atoms with E-state index in [2.05, 4.69) is 0 Å². The van der Waals surface area contributed by atoms with Crippen molar-refractivity contribution in [3.8, 4) is 11.1 Å². The van der Waals surface area contributed by atoms with Crippen LogP contribution in [-0.4, -0.2) is 23.4 Å². The van der Waals surface area contributed by atoms with E-state index in [1.165, 1.54) is 16.4 Å². The number of hydrogen-bond acceptors (Lipinski definition) is 4. The standard InChI is InChI=1S/C21H20N2O4S2/c22-28(24,25)18-13-12-17-9-6-14-23(20(17)15-18)29(26,27)21-11-5-4-10-19(21)16-7-2-1-3-8-16/h1-5,7-8,10-13,15H,6,9,14H2,(H2,22,24,25). The summed E-state index contributed by atoms with van der Waals surface area (Å²) in [6.07, 6.45) is 1.32. The van der Waals surface area contributed by atoms with Crippen molar-refractivity contribution in [2.75, 3.05) is 10.8 Å². The lowest BCUT2D eigenvalue weighted by molar-refractivity contribution is 0.585. The number of nitrogens with zero attached hydrogens (tertiary/aromatic N) is 1. The van der Waals surface area contributed by atoms with Gasteiger partial charge in [0.25, 0.3) is 10.0 Å². The molecule has 0 atom stereocenters. The molecule has 4 rings (SSSR count). The number of aryl methyl sites for hydroxylation is 1. The fraction of sp³-hybridized carbons (Fsp3) is 0.143. The number of fused-ring (bicyclic) bond motifs is 1. The van der Waals surface area contributed by atoms with Gasteiger partial charge in [0, 0.05) is 12.1 Å². The van der Waals surface area contributed by atoms with Gasteiger partial charge in [-0.1, -0.05) is 54.6 Å². The van der Waals surface area contributed by atoms with Gasteiger partial charge in [-0.15, -0.1) is 0 Å². The van der Waals surface area contributed by atoms with Gasteiger partial charge in [-0.25, -0.2) is 22.0 Å². The lowest BCUT2D eigenvalue weighted by atomic mass is 10.0. The van der Waals surface area contributed by atoms with Crippen LogP contribution in [0.4, 0.5) is 5.69 Å². The molecule has 150 valence electrons. The van der Waals surface area contributed by atoms with Crippen molar-refractivity contribution in [2.45, 2.75) is 22.6 Å². The highest BCUT2D eigenvalue weighted by Crippen LogP contribution is 2.36. The van der Waals surface area contributed by atoms with Crippen LogP contribution in [0.1, 0.15) is 12.0 Å². The molecule has 1 aliphatic heterocycles. The van der Waals surface area contributed by atoms with Crippen molar-refractivity contribution in [1.29, 1.82) is 0 Å². The van der Waals surface area contributed by atoms with E-state index in [0.29, 0.717) is 24.1 Å². The Morgan fingerprint density at radius 2 is 1.52 bits per heavy atom. The average Bonchev–Trinajstić information content (AvgIpc) is 2.73. The molecule has 1 heterocycles. The SMILES string of the molecule is NS(=O)(=O)c1ccc2c(c1)N(S(=O)(=O)c1ccccc1-c1ccccc1)CCC2. The number of nitrogens with two attached hydrogens (primary N) is 1. The highest BCUT2D eigenvalue weighted by Gasteiger charge is 2.31. The van der Waals surface area contributed by atoms with Crippen LogP contribution in [-0.2, 0) is 26.5 Å². The molecule has 29 heavy (non-hydrogen) atoms.